The molecule has 1 aromatic heterocycles. The first-order valence-corrected chi connectivity index (χ1v) is 6.56. The van der Waals surface area contributed by atoms with Crippen molar-refractivity contribution in [1.82, 2.24) is 15.2 Å². The van der Waals surface area contributed by atoms with Gasteiger partial charge in [-0.2, -0.15) is 5.10 Å². The van der Waals surface area contributed by atoms with Gasteiger partial charge in [0.05, 0.1) is 4.92 Å². The maximum absolute atomic E-state index is 10.6. The van der Waals surface area contributed by atoms with Crippen molar-refractivity contribution in [1.29, 1.82) is 0 Å². The fourth-order valence-corrected chi connectivity index (χ4v) is 2.04. The standard InChI is InChI=1S/C15H12N4O3/c20-13-7-3-11(4-8-13)15-16-14(17-18-15)9-10-1-5-12(6-2-10)19(21)22/h1-8,20H,9H2,(H,16,17,18). The van der Waals surface area contributed by atoms with Crippen LogP contribution >= 0.6 is 0 Å². The summed E-state index contributed by atoms with van der Waals surface area (Å²) in [7, 11) is 0. The number of aromatic hydroxyl groups is 1. The van der Waals surface area contributed by atoms with Gasteiger partial charge < -0.3 is 5.11 Å². The SMILES string of the molecule is O=[N+]([O-])c1ccc(Cc2nc(-c3ccc(O)cc3)n[nH]2)cc1. The molecule has 0 radical (unpaired) electrons. The van der Waals surface area contributed by atoms with Crippen LogP contribution in [-0.4, -0.2) is 25.2 Å². The molecule has 0 aliphatic rings. The second-order valence-electron chi connectivity index (χ2n) is 4.75. The van der Waals surface area contributed by atoms with Crippen molar-refractivity contribution in [3.8, 4) is 17.1 Å². The number of phenols is 1. The first-order chi connectivity index (χ1) is 10.6. The Hall–Kier alpha value is -3.22. The van der Waals surface area contributed by atoms with Crippen LogP contribution in [0.3, 0.4) is 0 Å². The molecule has 7 heteroatoms. The molecule has 0 saturated carbocycles. The Morgan fingerprint density at radius 3 is 2.41 bits per heavy atom. The third kappa shape index (κ3) is 2.93. The Labute approximate surface area is 125 Å². The molecule has 7 nitrogen and oxygen atoms in total. The number of H-pyrrole nitrogens is 1. The summed E-state index contributed by atoms with van der Waals surface area (Å²) in [6.07, 6.45) is 0.503. The highest BCUT2D eigenvalue weighted by Gasteiger charge is 2.08. The lowest BCUT2D eigenvalue weighted by Crippen LogP contribution is -1.92. The minimum atomic E-state index is -0.429. The van der Waals surface area contributed by atoms with Crippen molar-refractivity contribution in [2.45, 2.75) is 6.42 Å². The number of nitrogens with zero attached hydrogens (tertiary/aromatic N) is 3. The van der Waals surface area contributed by atoms with E-state index in [2.05, 4.69) is 15.2 Å². The zero-order chi connectivity index (χ0) is 15.5. The van der Waals surface area contributed by atoms with E-state index in [1.807, 2.05) is 0 Å². The van der Waals surface area contributed by atoms with Crippen LogP contribution < -0.4 is 0 Å². The summed E-state index contributed by atoms with van der Waals surface area (Å²) in [5.41, 5.74) is 1.76. The lowest BCUT2D eigenvalue weighted by atomic mass is 10.1. The van der Waals surface area contributed by atoms with Crippen molar-refractivity contribution >= 4 is 5.69 Å². The quantitative estimate of drug-likeness (QED) is 0.569. The van der Waals surface area contributed by atoms with Gasteiger partial charge in [0.1, 0.15) is 11.6 Å². The number of nitrogens with one attached hydrogen (secondary N) is 1. The van der Waals surface area contributed by atoms with Gasteiger partial charge in [-0.25, -0.2) is 4.98 Å². The normalized spacial score (nSPS) is 10.5. The minimum absolute atomic E-state index is 0.0612. The third-order valence-electron chi connectivity index (χ3n) is 3.18. The molecule has 110 valence electrons. The summed E-state index contributed by atoms with van der Waals surface area (Å²) in [5, 5.41) is 26.9. The van der Waals surface area contributed by atoms with Gasteiger partial charge in [-0.3, -0.25) is 15.2 Å². The average Bonchev–Trinajstić information content (AvgIpc) is 2.97. The lowest BCUT2D eigenvalue weighted by Gasteiger charge is -1.97. The Morgan fingerprint density at radius 2 is 1.77 bits per heavy atom. The summed E-state index contributed by atoms with van der Waals surface area (Å²) < 4.78 is 0. The van der Waals surface area contributed by atoms with Gasteiger partial charge in [-0.15, -0.1) is 0 Å². The van der Waals surface area contributed by atoms with E-state index in [9.17, 15) is 15.2 Å². The monoisotopic (exact) mass is 296 g/mol. The Balaban J connectivity index is 1.76. The van der Waals surface area contributed by atoms with Crippen LogP contribution in [-0.2, 0) is 6.42 Å². The van der Waals surface area contributed by atoms with Crippen LogP contribution in [0.2, 0.25) is 0 Å². The zero-order valence-electron chi connectivity index (χ0n) is 11.4. The molecular weight excluding hydrogens is 284 g/mol. The van der Waals surface area contributed by atoms with Crippen molar-refractivity contribution in [3.63, 3.8) is 0 Å². The highest BCUT2D eigenvalue weighted by atomic mass is 16.6. The smallest absolute Gasteiger partial charge is 0.269 e. The number of benzene rings is 2. The van der Waals surface area contributed by atoms with Crippen LogP contribution in [0.5, 0.6) is 5.75 Å². The van der Waals surface area contributed by atoms with E-state index in [-0.39, 0.29) is 11.4 Å². The van der Waals surface area contributed by atoms with Gasteiger partial charge in [0.15, 0.2) is 5.82 Å². The molecule has 22 heavy (non-hydrogen) atoms. The molecule has 0 fully saturated rings. The van der Waals surface area contributed by atoms with Crippen molar-refractivity contribution < 1.29 is 10.0 Å². The van der Waals surface area contributed by atoms with E-state index in [0.29, 0.717) is 18.1 Å². The Kier molecular flexibility index (Phi) is 3.53. The van der Waals surface area contributed by atoms with Crippen molar-refractivity contribution in [3.05, 3.63) is 70.0 Å². The Bertz CT molecular complexity index is 794. The average molecular weight is 296 g/mol. The van der Waals surface area contributed by atoms with Crippen molar-refractivity contribution in [2.24, 2.45) is 0 Å². The molecule has 0 aliphatic heterocycles. The molecule has 0 atom stereocenters. The molecule has 0 spiro atoms. The zero-order valence-corrected chi connectivity index (χ0v) is 11.4. The number of rotatable bonds is 4. The van der Waals surface area contributed by atoms with E-state index in [4.69, 9.17) is 0 Å². The highest BCUT2D eigenvalue weighted by molar-refractivity contribution is 5.55. The van der Waals surface area contributed by atoms with Gasteiger partial charge >= 0.3 is 0 Å². The number of hydrogen-bond donors (Lipinski definition) is 2. The largest absolute Gasteiger partial charge is 0.508 e. The molecule has 3 aromatic rings. The minimum Gasteiger partial charge on any atom is -0.508 e. The predicted octanol–water partition coefficient (Wildman–Crippen LogP) is 2.68. The second kappa shape index (κ2) is 5.65. The van der Waals surface area contributed by atoms with Gasteiger partial charge in [0.2, 0.25) is 0 Å². The fraction of sp³-hybridized carbons (Fsp3) is 0.0667. The highest BCUT2D eigenvalue weighted by Crippen LogP contribution is 2.19. The number of phenolic OH excluding ortho intramolecular Hbond substituents is 1. The molecule has 1 heterocycles. The van der Waals surface area contributed by atoms with Gasteiger partial charge in [-0.1, -0.05) is 12.1 Å². The molecular formula is C15H12N4O3. The molecule has 2 aromatic carbocycles. The van der Waals surface area contributed by atoms with Gasteiger partial charge in [-0.05, 0) is 29.8 Å². The van der Waals surface area contributed by atoms with Crippen LogP contribution in [0.4, 0.5) is 5.69 Å². The van der Waals surface area contributed by atoms with E-state index in [1.54, 1.807) is 36.4 Å². The maximum Gasteiger partial charge on any atom is 0.269 e. The number of aromatic nitrogens is 3. The first kappa shape index (κ1) is 13.7. The Morgan fingerprint density at radius 1 is 1.09 bits per heavy atom. The first-order valence-electron chi connectivity index (χ1n) is 6.56. The second-order valence-corrected chi connectivity index (χ2v) is 4.75. The van der Waals surface area contributed by atoms with Crippen molar-refractivity contribution in [2.75, 3.05) is 0 Å². The summed E-state index contributed by atoms with van der Waals surface area (Å²) in [4.78, 5) is 14.6. The van der Waals surface area contributed by atoms with Gasteiger partial charge in [0, 0.05) is 24.1 Å². The number of nitro benzene ring substituents is 1. The molecule has 0 aliphatic carbocycles. The van der Waals surface area contributed by atoms with E-state index >= 15 is 0 Å². The number of hydrogen-bond acceptors (Lipinski definition) is 5. The summed E-state index contributed by atoms with van der Waals surface area (Å²) in [6, 6.07) is 12.9. The van der Waals surface area contributed by atoms with Crippen LogP contribution in [0.25, 0.3) is 11.4 Å². The van der Waals surface area contributed by atoms with E-state index in [1.165, 1.54) is 12.1 Å². The number of aromatic amines is 1. The summed E-state index contributed by atoms with van der Waals surface area (Å²) in [5.74, 6) is 1.39. The lowest BCUT2D eigenvalue weighted by molar-refractivity contribution is -0.384. The van der Waals surface area contributed by atoms with Crippen LogP contribution in [0.1, 0.15) is 11.4 Å². The molecule has 0 unspecified atom stereocenters. The van der Waals surface area contributed by atoms with Crippen LogP contribution in [0.15, 0.2) is 48.5 Å². The number of nitro groups is 1. The molecule has 0 saturated heterocycles. The molecule has 3 rings (SSSR count). The molecule has 2 N–H and O–H groups in total. The number of non-ortho nitro benzene ring substituents is 1. The van der Waals surface area contributed by atoms with Gasteiger partial charge in [0.25, 0.3) is 5.69 Å². The fourth-order valence-electron chi connectivity index (χ4n) is 2.04. The topological polar surface area (TPSA) is 105 Å². The van der Waals surface area contributed by atoms with Crippen LogP contribution in [0, 0.1) is 10.1 Å². The molecule has 0 amide bonds. The predicted molar refractivity (Wildman–Crippen MR) is 79.4 cm³/mol. The molecule has 0 bridgehead atoms. The van der Waals surface area contributed by atoms with E-state index < -0.39 is 4.92 Å². The van der Waals surface area contributed by atoms with E-state index in [0.717, 1.165) is 11.1 Å². The summed E-state index contributed by atoms with van der Waals surface area (Å²) >= 11 is 0. The summed E-state index contributed by atoms with van der Waals surface area (Å²) in [6.45, 7) is 0. The third-order valence-corrected chi connectivity index (χ3v) is 3.18. The maximum atomic E-state index is 10.6.